The fourth-order valence-corrected chi connectivity index (χ4v) is 3.35. The first-order chi connectivity index (χ1) is 12.6. The Kier molecular flexibility index (Phi) is 5.53. The number of carbonyl (C=O) groups is 2. The Labute approximate surface area is 155 Å². The van der Waals surface area contributed by atoms with E-state index in [-0.39, 0.29) is 5.91 Å². The lowest BCUT2D eigenvalue weighted by atomic mass is 10.2. The van der Waals surface area contributed by atoms with Crippen molar-refractivity contribution in [2.45, 2.75) is 20.0 Å². The molecule has 0 fully saturated rings. The number of amides is 1. The molecule has 0 aliphatic rings. The third-order valence-electron chi connectivity index (χ3n) is 3.71. The molecule has 0 saturated carbocycles. The zero-order chi connectivity index (χ0) is 18.5. The maximum Gasteiger partial charge on any atom is 0.349 e. The van der Waals surface area contributed by atoms with Gasteiger partial charge in [0.25, 0.3) is 5.91 Å². The molecule has 26 heavy (non-hydrogen) atoms. The van der Waals surface area contributed by atoms with Gasteiger partial charge in [-0.15, -0.1) is 11.3 Å². The number of hydrogen-bond donors (Lipinski definition) is 1. The summed E-state index contributed by atoms with van der Waals surface area (Å²) in [4.78, 5) is 25.0. The maximum atomic E-state index is 12.3. The first kappa shape index (κ1) is 17.9. The number of carbonyl (C=O) groups excluding carboxylic acids is 2. The Morgan fingerprint density at radius 2 is 1.85 bits per heavy atom. The molecule has 5 nitrogen and oxygen atoms in total. The van der Waals surface area contributed by atoms with Crippen LogP contribution in [0.25, 0.3) is 10.1 Å². The van der Waals surface area contributed by atoms with Crippen molar-refractivity contribution in [3.05, 3.63) is 59.5 Å². The minimum Gasteiger partial charge on any atom is -0.494 e. The van der Waals surface area contributed by atoms with Crippen LogP contribution in [-0.2, 0) is 9.53 Å². The quantitative estimate of drug-likeness (QED) is 0.651. The molecular weight excluding hydrogens is 350 g/mol. The standard InChI is InChI=1S/C20H19NO4S/c1-3-24-16-10-8-15(9-11-16)21-19(22)13(2)25-20(23)18-12-14-6-4-5-7-17(14)26-18/h4-13H,3H2,1-2H3,(H,21,22)/t13-/m0/s1. The number of rotatable bonds is 6. The summed E-state index contributed by atoms with van der Waals surface area (Å²) in [6, 6.07) is 16.5. The van der Waals surface area contributed by atoms with Gasteiger partial charge in [-0.05, 0) is 55.6 Å². The van der Waals surface area contributed by atoms with E-state index in [0.29, 0.717) is 17.2 Å². The number of thiophene rings is 1. The lowest BCUT2D eigenvalue weighted by Crippen LogP contribution is -2.29. The third-order valence-corrected chi connectivity index (χ3v) is 4.81. The Morgan fingerprint density at radius 3 is 2.54 bits per heavy atom. The van der Waals surface area contributed by atoms with Gasteiger partial charge >= 0.3 is 5.97 Å². The van der Waals surface area contributed by atoms with Crippen LogP contribution in [0.5, 0.6) is 5.75 Å². The average Bonchev–Trinajstić information content (AvgIpc) is 3.08. The molecule has 1 amide bonds. The zero-order valence-electron chi connectivity index (χ0n) is 14.5. The van der Waals surface area contributed by atoms with E-state index in [1.807, 2.05) is 31.2 Å². The van der Waals surface area contributed by atoms with Gasteiger partial charge in [0.05, 0.1) is 6.61 Å². The molecule has 0 aliphatic carbocycles. The molecule has 2 aromatic carbocycles. The molecular formula is C20H19NO4S. The highest BCUT2D eigenvalue weighted by Crippen LogP contribution is 2.26. The van der Waals surface area contributed by atoms with E-state index >= 15 is 0 Å². The van der Waals surface area contributed by atoms with E-state index in [1.165, 1.54) is 11.3 Å². The molecule has 3 rings (SSSR count). The molecule has 0 spiro atoms. The molecule has 6 heteroatoms. The first-order valence-electron chi connectivity index (χ1n) is 8.30. The second-order valence-electron chi connectivity index (χ2n) is 5.64. The van der Waals surface area contributed by atoms with Gasteiger partial charge in [-0.1, -0.05) is 18.2 Å². The number of hydrogen-bond acceptors (Lipinski definition) is 5. The Balaban J connectivity index is 1.60. The number of esters is 1. The number of nitrogens with one attached hydrogen (secondary N) is 1. The van der Waals surface area contributed by atoms with Crippen LogP contribution in [0.2, 0.25) is 0 Å². The summed E-state index contributed by atoms with van der Waals surface area (Å²) in [6.07, 6.45) is -0.903. The van der Waals surface area contributed by atoms with Crippen LogP contribution in [0.4, 0.5) is 5.69 Å². The van der Waals surface area contributed by atoms with E-state index in [0.717, 1.165) is 15.8 Å². The average molecular weight is 369 g/mol. The van der Waals surface area contributed by atoms with Crippen molar-refractivity contribution in [1.29, 1.82) is 0 Å². The number of fused-ring (bicyclic) bond motifs is 1. The van der Waals surface area contributed by atoms with Crippen LogP contribution in [0.3, 0.4) is 0 Å². The molecule has 0 unspecified atom stereocenters. The highest BCUT2D eigenvalue weighted by atomic mass is 32.1. The molecule has 1 N–H and O–H groups in total. The van der Waals surface area contributed by atoms with Gasteiger partial charge < -0.3 is 14.8 Å². The lowest BCUT2D eigenvalue weighted by Gasteiger charge is -2.13. The molecule has 1 aromatic heterocycles. The van der Waals surface area contributed by atoms with Gasteiger partial charge in [0, 0.05) is 10.4 Å². The fraction of sp³-hybridized carbons (Fsp3) is 0.200. The van der Waals surface area contributed by atoms with Gasteiger partial charge in [-0.3, -0.25) is 4.79 Å². The van der Waals surface area contributed by atoms with E-state index in [4.69, 9.17) is 9.47 Å². The predicted octanol–water partition coefficient (Wildman–Crippen LogP) is 4.48. The largest absolute Gasteiger partial charge is 0.494 e. The van der Waals surface area contributed by atoms with Crippen LogP contribution in [-0.4, -0.2) is 24.6 Å². The van der Waals surface area contributed by atoms with Crippen LogP contribution in [0, 0.1) is 0 Å². The van der Waals surface area contributed by atoms with Crippen LogP contribution in [0.15, 0.2) is 54.6 Å². The summed E-state index contributed by atoms with van der Waals surface area (Å²) in [7, 11) is 0. The van der Waals surface area contributed by atoms with Crippen molar-refractivity contribution in [1.82, 2.24) is 0 Å². The van der Waals surface area contributed by atoms with Crippen molar-refractivity contribution < 1.29 is 19.1 Å². The Hall–Kier alpha value is -2.86. The van der Waals surface area contributed by atoms with Crippen LogP contribution in [0.1, 0.15) is 23.5 Å². The molecule has 1 atom stereocenters. The fourth-order valence-electron chi connectivity index (χ4n) is 2.40. The Morgan fingerprint density at radius 1 is 1.12 bits per heavy atom. The monoisotopic (exact) mass is 369 g/mol. The van der Waals surface area contributed by atoms with E-state index in [1.54, 1.807) is 37.3 Å². The molecule has 134 valence electrons. The van der Waals surface area contributed by atoms with E-state index < -0.39 is 12.1 Å². The molecule has 3 aromatic rings. The molecule has 0 radical (unpaired) electrons. The van der Waals surface area contributed by atoms with Crippen molar-refractivity contribution in [2.75, 3.05) is 11.9 Å². The topological polar surface area (TPSA) is 64.6 Å². The smallest absolute Gasteiger partial charge is 0.349 e. The summed E-state index contributed by atoms with van der Waals surface area (Å²) in [5.74, 6) is -0.154. The highest BCUT2D eigenvalue weighted by molar-refractivity contribution is 7.20. The van der Waals surface area contributed by atoms with Gasteiger partial charge in [-0.25, -0.2) is 4.79 Å². The summed E-state index contributed by atoms with van der Waals surface area (Å²) in [6.45, 7) is 4.04. The van der Waals surface area contributed by atoms with Gasteiger partial charge in [0.1, 0.15) is 10.6 Å². The first-order valence-corrected chi connectivity index (χ1v) is 9.11. The minimum atomic E-state index is -0.903. The highest BCUT2D eigenvalue weighted by Gasteiger charge is 2.20. The predicted molar refractivity (Wildman–Crippen MR) is 103 cm³/mol. The minimum absolute atomic E-state index is 0.386. The lowest BCUT2D eigenvalue weighted by molar-refractivity contribution is -0.123. The van der Waals surface area contributed by atoms with Crippen molar-refractivity contribution in [3.63, 3.8) is 0 Å². The summed E-state index contributed by atoms with van der Waals surface area (Å²) >= 11 is 1.35. The molecule has 0 aliphatic heterocycles. The molecule has 0 saturated heterocycles. The van der Waals surface area contributed by atoms with Crippen LogP contribution < -0.4 is 10.1 Å². The van der Waals surface area contributed by atoms with Gasteiger partial charge in [0.2, 0.25) is 0 Å². The van der Waals surface area contributed by atoms with E-state index in [2.05, 4.69) is 5.32 Å². The summed E-state index contributed by atoms with van der Waals surface area (Å²) < 4.78 is 11.7. The Bertz CT molecular complexity index is 884. The second kappa shape index (κ2) is 8.01. The second-order valence-corrected chi connectivity index (χ2v) is 6.73. The van der Waals surface area contributed by atoms with E-state index in [9.17, 15) is 9.59 Å². The number of ether oxygens (including phenoxy) is 2. The summed E-state index contributed by atoms with van der Waals surface area (Å²) in [5.41, 5.74) is 0.614. The van der Waals surface area contributed by atoms with Gasteiger partial charge in [-0.2, -0.15) is 0 Å². The molecule has 1 heterocycles. The van der Waals surface area contributed by atoms with Crippen molar-refractivity contribution >= 4 is 39.0 Å². The maximum absolute atomic E-state index is 12.3. The van der Waals surface area contributed by atoms with Gasteiger partial charge in [0.15, 0.2) is 6.10 Å². The number of benzene rings is 2. The number of anilines is 1. The third kappa shape index (κ3) is 4.21. The van der Waals surface area contributed by atoms with Crippen LogP contribution >= 0.6 is 11.3 Å². The normalized spacial score (nSPS) is 11.8. The van der Waals surface area contributed by atoms with Crippen molar-refractivity contribution in [3.8, 4) is 5.75 Å². The summed E-state index contributed by atoms with van der Waals surface area (Å²) in [5, 5.41) is 3.71. The van der Waals surface area contributed by atoms with Crippen molar-refractivity contribution in [2.24, 2.45) is 0 Å². The SMILES string of the molecule is CCOc1ccc(NC(=O)[C@H](C)OC(=O)c2cc3ccccc3s2)cc1. The zero-order valence-corrected chi connectivity index (χ0v) is 15.3. The molecule has 0 bridgehead atoms.